The van der Waals surface area contributed by atoms with Crippen molar-refractivity contribution in [3.8, 4) is 11.5 Å². The van der Waals surface area contributed by atoms with Gasteiger partial charge < -0.3 is 4.90 Å². The standard InChI is InChI=1S/C16H13N5/c1-2-4-13-10-21(9-12(13)3-1)15-6-8-18-16(20-15)14-5-7-17-11-19-14/h1-8,11H,9-10H2. The van der Waals surface area contributed by atoms with Gasteiger partial charge in [-0.3, -0.25) is 0 Å². The zero-order valence-electron chi connectivity index (χ0n) is 11.3. The van der Waals surface area contributed by atoms with E-state index in [1.165, 1.54) is 17.5 Å². The molecule has 1 aromatic carbocycles. The zero-order chi connectivity index (χ0) is 14.1. The third-order valence-electron chi connectivity index (χ3n) is 3.62. The number of aromatic nitrogens is 4. The van der Waals surface area contributed by atoms with Crippen molar-refractivity contribution in [2.24, 2.45) is 0 Å². The number of fused-ring (bicyclic) bond motifs is 1. The minimum atomic E-state index is 0.630. The predicted octanol–water partition coefficient (Wildman–Crippen LogP) is 2.45. The lowest BCUT2D eigenvalue weighted by molar-refractivity contribution is 0.852. The Balaban J connectivity index is 1.66. The molecule has 21 heavy (non-hydrogen) atoms. The maximum Gasteiger partial charge on any atom is 0.180 e. The molecule has 1 aliphatic rings. The van der Waals surface area contributed by atoms with Crippen molar-refractivity contribution in [1.82, 2.24) is 19.9 Å². The van der Waals surface area contributed by atoms with Gasteiger partial charge in [0.25, 0.3) is 0 Å². The van der Waals surface area contributed by atoms with E-state index < -0.39 is 0 Å². The van der Waals surface area contributed by atoms with Crippen molar-refractivity contribution in [2.45, 2.75) is 13.1 Å². The van der Waals surface area contributed by atoms with Crippen LogP contribution in [-0.4, -0.2) is 19.9 Å². The van der Waals surface area contributed by atoms with Gasteiger partial charge in [-0.25, -0.2) is 19.9 Å². The van der Waals surface area contributed by atoms with Gasteiger partial charge in [-0.1, -0.05) is 24.3 Å². The second kappa shape index (κ2) is 4.94. The molecule has 0 unspecified atom stereocenters. The molecule has 0 N–H and O–H groups in total. The highest BCUT2D eigenvalue weighted by molar-refractivity contribution is 5.53. The van der Waals surface area contributed by atoms with Crippen molar-refractivity contribution in [3.05, 3.63) is 66.2 Å². The topological polar surface area (TPSA) is 54.8 Å². The summed E-state index contributed by atoms with van der Waals surface area (Å²) in [5.74, 6) is 1.56. The Morgan fingerprint density at radius 2 is 1.67 bits per heavy atom. The number of hydrogen-bond donors (Lipinski definition) is 0. The molecule has 4 rings (SSSR count). The Kier molecular flexibility index (Phi) is 2.81. The van der Waals surface area contributed by atoms with Gasteiger partial charge in [0, 0.05) is 25.5 Å². The summed E-state index contributed by atoms with van der Waals surface area (Å²) in [5, 5.41) is 0. The number of hydrogen-bond acceptors (Lipinski definition) is 5. The average molecular weight is 275 g/mol. The molecule has 0 amide bonds. The lowest BCUT2D eigenvalue weighted by Crippen LogP contribution is -2.16. The number of benzene rings is 1. The van der Waals surface area contributed by atoms with E-state index in [2.05, 4.69) is 49.1 Å². The van der Waals surface area contributed by atoms with Crippen LogP contribution < -0.4 is 4.90 Å². The summed E-state index contributed by atoms with van der Waals surface area (Å²) in [4.78, 5) is 19.3. The Bertz CT molecular complexity index is 747. The third kappa shape index (κ3) is 2.23. The third-order valence-corrected chi connectivity index (χ3v) is 3.62. The zero-order valence-corrected chi connectivity index (χ0v) is 11.3. The number of nitrogens with zero attached hydrogens (tertiary/aromatic N) is 5. The molecule has 0 saturated carbocycles. The van der Waals surface area contributed by atoms with E-state index in [0.717, 1.165) is 24.6 Å². The summed E-state index contributed by atoms with van der Waals surface area (Å²) in [6, 6.07) is 12.3. The Labute approximate surface area is 122 Å². The molecular formula is C16H13N5. The lowest BCUT2D eigenvalue weighted by Gasteiger charge is -2.16. The fraction of sp³-hybridized carbons (Fsp3) is 0.125. The molecule has 0 bridgehead atoms. The lowest BCUT2D eigenvalue weighted by atomic mass is 10.1. The van der Waals surface area contributed by atoms with Gasteiger partial charge in [-0.2, -0.15) is 0 Å². The largest absolute Gasteiger partial charge is 0.348 e. The normalized spacial score (nSPS) is 13.2. The number of rotatable bonds is 2. The van der Waals surface area contributed by atoms with Gasteiger partial charge in [0.2, 0.25) is 0 Å². The maximum atomic E-state index is 4.63. The molecule has 1 aliphatic heterocycles. The Morgan fingerprint density at radius 3 is 2.38 bits per heavy atom. The van der Waals surface area contributed by atoms with Crippen LogP contribution in [0.5, 0.6) is 0 Å². The summed E-state index contributed by atoms with van der Waals surface area (Å²) in [7, 11) is 0. The highest BCUT2D eigenvalue weighted by atomic mass is 15.2. The van der Waals surface area contributed by atoms with E-state index in [1.807, 2.05) is 12.1 Å². The van der Waals surface area contributed by atoms with Gasteiger partial charge >= 0.3 is 0 Å². The predicted molar refractivity (Wildman–Crippen MR) is 79.4 cm³/mol. The second-order valence-electron chi connectivity index (χ2n) is 4.96. The molecule has 3 aromatic rings. The van der Waals surface area contributed by atoms with Crippen LogP contribution >= 0.6 is 0 Å². The first-order chi connectivity index (χ1) is 10.4. The van der Waals surface area contributed by atoms with E-state index in [-0.39, 0.29) is 0 Å². The van der Waals surface area contributed by atoms with Crippen LogP contribution in [0.3, 0.4) is 0 Å². The second-order valence-corrected chi connectivity index (χ2v) is 4.96. The van der Waals surface area contributed by atoms with Crippen molar-refractivity contribution in [2.75, 3.05) is 4.90 Å². The van der Waals surface area contributed by atoms with E-state index in [0.29, 0.717) is 5.82 Å². The fourth-order valence-corrected chi connectivity index (χ4v) is 2.57. The van der Waals surface area contributed by atoms with Gasteiger partial charge in [0.15, 0.2) is 5.82 Å². The summed E-state index contributed by atoms with van der Waals surface area (Å²) < 4.78 is 0. The van der Waals surface area contributed by atoms with Gasteiger partial charge in [0.1, 0.15) is 17.8 Å². The van der Waals surface area contributed by atoms with Crippen molar-refractivity contribution in [3.63, 3.8) is 0 Å². The SMILES string of the molecule is c1ccc2c(c1)CN(c1ccnc(-c3ccncn3)n1)C2. The van der Waals surface area contributed by atoms with Crippen molar-refractivity contribution >= 4 is 5.82 Å². The van der Waals surface area contributed by atoms with Crippen LogP contribution in [0.1, 0.15) is 11.1 Å². The molecule has 5 heteroatoms. The van der Waals surface area contributed by atoms with Gasteiger partial charge in [-0.05, 0) is 23.3 Å². The van der Waals surface area contributed by atoms with Crippen molar-refractivity contribution < 1.29 is 0 Å². The number of anilines is 1. The Morgan fingerprint density at radius 1 is 0.857 bits per heavy atom. The molecular weight excluding hydrogens is 262 g/mol. The highest BCUT2D eigenvalue weighted by Crippen LogP contribution is 2.27. The highest BCUT2D eigenvalue weighted by Gasteiger charge is 2.20. The van der Waals surface area contributed by atoms with Crippen LogP contribution in [0.25, 0.3) is 11.5 Å². The molecule has 3 heterocycles. The van der Waals surface area contributed by atoms with Crippen LogP contribution in [-0.2, 0) is 13.1 Å². The molecule has 5 nitrogen and oxygen atoms in total. The smallest absolute Gasteiger partial charge is 0.180 e. The maximum absolute atomic E-state index is 4.63. The van der Waals surface area contributed by atoms with E-state index in [1.54, 1.807) is 12.4 Å². The minimum absolute atomic E-state index is 0.630. The van der Waals surface area contributed by atoms with E-state index >= 15 is 0 Å². The van der Waals surface area contributed by atoms with Crippen molar-refractivity contribution in [1.29, 1.82) is 0 Å². The first-order valence-corrected chi connectivity index (χ1v) is 6.81. The molecule has 0 radical (unpaired) electrons. The quantitative estimate of drug-likeness (QED) is 0.719. The molecule has 0 atom stereocenters. The summed E-state index contributed by atoms with van der Waals surface area (Å²) in [6.07, 6.45) is 4.99. The average Bonchev–Trinajstić information content (AvgIpc) is 3.00. The minimum Gasteiger partial charge on any atom is -0.348 e. The van der Waals surface area contributed by atoms with Gasteiger partial charge in [0.05, 0.1) is 0 Å². The fourth-order valence-electron chi connectivity index (χ4n) is 2.57. The summed E-state index contributed by atoms with van der Waals surface area (Å²) in [6.45, 7) is 1.77. The van der Waals surface area contributed by atoms with Crippen LogP contribution in [0, 0.1) is 0 Å². The van der Waals surface area contributed by atoms with E-state index in [4.69, 9.17) is 0 Å². The molecule has 102 valence electrons. The summed E-state index contributed by atoms with van der Waals surface area (Å²) >= 11 is 0. The molecule has 2 aromatic heterocycles. The van der Waals surface area contributed by atoms with E-state index in [9.17, 15) is 0 Å². The summed E-state index contributed by atoms with van der Waals surface area (Å²) in [5.41, 5.74) is 3.46. The first-order valence-electron chi connectivity index (χ1n) is 6.81. The van der Waals surface area contributed by atoms with Crippen LogP contribution in [0.2, 0.25) is 0 Å². The molecule has 0 spiro atoms. The van der Waals surface area contributed by atoms with Crippen LogP contribution in [0.4, 0.5) is 5.82 Å². The molecule has 0 fully saturated rings. The monoisotopic (exact) mass is 275 g/mol. The molecule has 0 aliphatic carbocycles. The molecule has 0 saturated heterocycles. The van der Waals surface area contributed by atoms with Crippen LogP contribution in [0.15, 0.2) is 55.1 Å². The Hall–Kier alpha value is -2.82. The van der Waals surface area contributed by atoms with Gasteiger partial charge in [-0.15, -0.1) is 0 Å². The first kappa shape index (κ1) is 12.0.